The molecule has 21 heavy (non-hydrogen) atoms. The summed E-state index contributed by atoms with van der Waals surface area (Å²) in [4.78, 5) is 8.06. The zero-order chi connectivity index (χ0) is 15.1. The Morgan fingerprint density at radius 2 is 1.90 bits per heavy atom. The van der Waals surface area contributed by atoms with Crippen LogP contribution >= 0.6 is 12.2 Å². The Morgan fingerprint density at radius 1 is 1.19 bits per heavy atom. The lowest BCUT2D eigenvalue weighted by Gasteiger charge is -2.14. The fourth-order valence-corrected chi connectivity index (χ4v) is 2.85. The van der Waals surface area contributed by atoms with E-state index in [1.54, 1.807) is 7.11 Å². The van der Waals surface area contributed by atoms with Crippen molar-refractivity contribution in [3.63, 3.8) is 0 Å². The second kappa shape index (κ2) is 5.26. The maximum atomic E-state index is 5.44. The van der Waals surface area contributed by atoms with Crippen LogP contribution in [0.5, 0.6) is 5.75 Å². The summed E-state index contributed by atoms with van der Waals surface area (Å²) in [6.07, 6.45) is 2.42. The number of rotatable bonds is 3. The lowest BCUT2D eigenvalue weighted by Crippen LogP contribution is -2.01. The summed E-state index contributed by atoms with van der Waals surface area (Å²) >= 11 is 5.44. The second-order valence-corrected chi connectivity index (χ2v) is 6.22. The Labute approximate surface area is 130 Å². The van der Waals surface area contributed by atoms with Crippen molar-refractivity contribution >= 4 is 12.2 Å². The minimum Gasteiger partial charge on any atom is -0.496 e. The molecule has 1 aliphatic carbocycles. The van der Waals surface area contributed by atoms with E-state index < -0.39 is 0 Å². The van der Waals surface area contributed by atoms with Crippen molar-refractivity contribution in [1.82, 2.24) is 9.97 Å². The Bertz CT molecular complexity index is 760. The molecule has 1 aromatic heterocycles. The highest BCUT2D eigenvalue weighted by molar-refractivity contribution is 7.71. The number of ether oxygens (including phenoxy) is 1. The van der Waals surface area contributed by atoms with Gasteiger partial charge >= 0.3 is 0 Å². The van der Waals surface area contributed by atoms with Crippen molar-refractivity contribution in [2.75, 3.05) is 7.11 Å². The molecule has 3 nitrogen and oxygen atoms in total. The summed E-state index contributed by atoms with van der Waals surface area (Å²) in [6, 6.07) is 4.25. The number of nitrogens with one attached hydrogen (secondary N) is 1. The fourth-order valence-electron chi connectivity index (χ4n) is 2.65. The van der Waals surface area contributed by atoms with Crippen molar-refractivity contribution in [2.24, 2.45) is 0 Å². The minimum absolute atomic E-state index is 0.561. The van der Waals surface area contributed by atoms with E-state index in [4.69, 9.17) is 17.0 Å². The molecule has 4 heteroatoms. The smallest absolute Gasteiger partial charge is 0.133 e. The van der Waals surface area contributed by atoms with Crippen LogP contribution in [0.25, 0.3) is 11.3 Å². The maximum absolute atomic E-state index is 5.44. The lowest BCUT2D eigenvalue weighted by molar-refractivity contribution is 0.411. The number of hydrogen-bond donors (Lipinski definition) is 1. The molecular weight excluding hydrogens is 280 g/mol. The van der Waals surface area contributed by atoms with Gasteiger partial charge in [-0.15, -0.1) is 0 Å². The first-order chi connectivity index (χ1) is 10.0. The van der Waals surface area contributed by atoms with Crippen LogP contribution < -0.4 is 4.74 Å². The molecule has 1 saturated carbocycles. The molecule has 3 rings (SSSR count). The number of nitrogens with zero attached hydrogens (tertiary/aromatic N) is 1. The van der Waals surface area contributed by atoms with Crippen LogP contribution in [0.15, 0.2) is 12.1 Å². The molecule has 0 spiro atoms. The Morgan fingerprint density at radius 3 is 2.52 bits per heavy atom. The van der Waals surface area contributed by atoms with Gasteiger partial charge in [-0.2, -0.15) is 0 Å². The van der Waals surface area contributed by atoms with Crippen molar-refractivity contribution in [3.8, 4) is 17.0 Å². The SMILES string of the molecule is COc1cc(C)c(-c2[nH]c(C3CC3)nc(=S)c2C)cc1C. The van der Waals surface area contributed by atoms with Gasteiger partial charge in [0.1, 0.15) is 16.2 Å². The molecule has 1 N–H and O–H groups in total. The summed E-state index contributed by atoms with van der Waals surface area (Å²) in [5, 5.41) is 0. The molecule has 0 radical (unpaired) electrons. The third-order valence-corrected chi connectivity index (χ3v) is 4.54. The summed E-state index contributed by atoms with van der Waals surface area (Å²) in [6.45, 7) is 6.20. The van der Waals surface area contributed by atoms with E-state index in [1.807, 2.05) is 6.92 Å². The Kier molecular flexibility index (Phi) is 3.57. The summed E-state index contributed by atoms with van der Waals surface area (Å²) in [5.41, 5.74) is 5.63. The summed E-state index contributed by atoms with van der Waals surface area (Å²) < 4.78 is 6.11. The molecule has 0 atom stereocenters. The topological polar surface area (TPSA) is 37.9 Å². The second-order valence-electron chi connectivity index (χ2n) is 5.84. The number of methoxy groups -OCH3 is 1. The van der Waals surface area contributed by atoms with Crippen LogP contribution in [-0.2, 0) is 0 Å². The van der Waals surface area contributed by atoms with Crippen LogP contribution in [0.3, 0.4) is 0 Å². The van der Waals surface area contributed by atoms with Crippen molar-refractivity contribution in [3.05, 3.63) is 39.3 Å². The van der Waals surface area contributed by atoms with Gasteiger partial charge in [0.2, 0.25) is 0 Å². The van der Waals surface area contributed by atoms with Crippen LogP contribution in [-0.4, -0.2) is 17.1 Å². The third kappa shape index (κ3) is 2.60. The molecule has 2 aromatic rings. The molecule has 110 valence electrons. The average Bonchev–Trinajstić information content (AvgIpc) is 3.28. The van der Waals surface area contributed by atoms with Gasteiger partial charge < -0.3 is 9.72 Å². The van der Waals surface area contributed by atoms with E-state index in [0.717, 1.165) is 28.4 Å². The normalized spacial score (nSPS) is 14.3. The van der Waals surface area contributed by atoms with E-state index in [9.17, 15) is 0 Å². The molecule has 0 bridgehead atoms. The van der Waals surface area contributed by atoms with Crippen LogP contribution in [0.2, 0.25) is 0 Å². The summed E-state index contributed by atoms with van der Waals surface area (Å²) in [5.74, 6) is 2.52. The highest BCUT2D eigenvalue weighted by Crippen LogP contribution is 2.39. The van der Waals surface area contributed by atoms with Gasteiger partial charge in [-0.1, -0.05) is 12.2 Å². The van der Waals surface area contributed by atoms with Gasteiger partial charge in [0.15, 0.2) is 0 Å². The molecule has 0 aliphatic heterocycles. The number of hydrogen-bond acceptors (Lipinski definition) is 3. The van der Waals surface area contributed by atoms with Crippen LogP contribution in [0.1, 0.15) is 41.3 Å². The monoisotopic (exact) mass is 300 g/mol. The first kappa shape index (κ1) is 14.3. The van der Waals surface area contributed by atoms with E-state index in [1.165, 1.54) is 24.0 Å². The summed E-state index contributed by atoms with van der Waals surface area (Å²) in [7, 11) is 1.71. The van der Waals surface area contributed by atoms with Gasteiger partial charge in [0.05, 0.1) is 12.8 Å². The van der Waals surface area contributed by atoms with E-state index in [0.29, 0.717) is 10.6 Å². The maximum Gasteiger partial charge on any atom is 0.133 e. The van der Waals surface area contributed by atoms with Crippen LogP contribution in [0.4, 0.5) is 0 Å². The average molecular weight is 300 g/mol. The predicted octanol–water partition coefficient (Wildman–Crippen LogP) is 4.62. The number of aryl methyl sites for hydroxylation is 2. The minimum atomic E-state index is 0.561. The molecule has 1 aromatic carbocycles. The molecule has 1 fully saturated rings. The van der Waals surface area contributed by atoms with Crippen molar-refractivity contribution in [2.45, 2.75) is 39.5 Å². The molecule has 0 amide bonds. The number of aromatic nitrogens is 2. The van der Waals surface area contributed by atoms with E-state index in [2.05, 4.69) is 35.9 Å². The fraction of sp³-hybridized carbons (Fsp3) is 0.412. The zero-order valence-corrected chi connectivity index (χ0v) is 13.7. The van der Waals surface area contributed by atoms with Gasteiger partial charge in [0.25, 0.3) is 0 Å². The molecular formula is C17H20N2OS. The lowest BCUT2D eigenvalue weighted by atomic mass is 9.99. The molecule has 1 heterocycles. The first-order valence-corrected chi connectivity index (χ1v) is 7.68. The van der Waals surface area contributed by atoms with Gasteiger partial charge in [-0.25, -0.2) is 4.98 Å². The third-order valence-electron chi connectivity index (χ3n) is 4.15. The first-order valence-electron chi connectivity index (χ1n) is 7.27. The Balaban J connectivity index is 2.20. The van der Waals surface area contributed by atoms with Gasteiger partial charge in [-0.05, 0) is 56.9 Å². The zero-order valence-electron chi connectivity index (χ0n) is 12.9. The Hall–Kier alpha value is -1.68. The standard InChI is InChI=1S/C17H20N2OS/c1-9-8-14(20-4)10(2)7-13(9)15-11(3)17(21)19-16(18-15)12-5-6-12/h7-8,12H,5-6H2,1-4H3,(H,18,19,21). The van der Waals surface area contributed by atoms with Gasteiger partial charge in [0, 0.05) is 17.0 Å². The van der Waals surface area contributed by atoms with E-state index in [-0.39, 0.29) is 0 Å². The highest BCUT2D eigenvalue weighted by Gasteiger charge is 2.27. The van der Waals surface area contributed by atoms with Crippen LogP contribution in [0, 0.1) is 25.4 Å². The quantitative estimate of drug-likeness (QED) is 0.841. The predicted molar refractivity (Wildman–Crippen MR) is 87.6 cm³/mol. The van der Waals surface area contributed by atoms with Crippen molar-refractivity contribution in [1.29, 1.82) is 0 Å². The number of aromatic amines is 1. The molecule has 0 unspecified atom stereocenters. The van der Waals surface area contributed by atoms with E-state index >= 15 is 0 Å². The number of H-pyrrole nitrogens is 1. The number of benzene rings is 1. The highest BCUT2D eigenvalue weighted by atomic mass is 32.1. The van der Waals surface area contributed by atoms with Crippen molar-refractivity contribution < 1.29 is 4.74 Å². The molecule has 0 saturated heterocycles. The van der Waals surface area contributed by atoms with Gasteiger partial charge in [-0.3, -0.25) is 0 Å². The molecule has 1 aliphatic rings. The largest absolute Gasteiger partial charge is 0.496 e.